The number of ether oxygens (including phenoxy) is 8. The van der Waals surface area contributed by atoms with Crippen molar-refractivity contribution in [3.63, 3.8) is 0 Å². The third-order valence-electron chi connectivity index (χ3n) is 18.2. The maximum absolute atomic E-state index is 13.5. The van der Waals surface area contributed by atoms with Crippen LogP contribution in [-0.2, 0) is 47.5 Å². The summed E-state index contributed by atoms with van der Waals surface area (Å²) in [5.41, 5.74) is -0.595. The Labute approximate surface area is 450 Å². The number of carboxylic acid groups (broad SMARTS) is 1. The van der Waals surface area contributed by atoms with Crippen molar-refractivity contribution in [1.29, 1.82) is 0 Å². The molecule has 7 aliphatic rings. The largest absolute Gasteiger partial charge is 0.479 e. The van der Waals surface area contributed by atoms with Crippen LogP contribution < -0.4 is 0 Å². The molecule has 0 amide bonds. The maximum Gasteiger partial charge on any atom is 0.335 e. The average Bonchev–Trinajstić information content (AvgIpc) is 3.78. The Bertz CT molecular complexity index is 1900. The molecule has 0 aromatic carbocycles. The van der Waals surface area contributed by atoms with Gasteiger partial charge in [-0.25, -0.2) is 4.79 Å². The van der Waals surface area contributed by atoms with E-state index in [1.54, 1.807) is 0 Å². The molecule has 6 fully saturated rings. The van der Waals surface area contributed by atoms with Crippen LogP contribution in [0.1, 0.15) is 222 Å². The summed E-state index contributed by atoms with van der Waals surface area (Å²) in [6, 6.07) is 0. The van der Waals surface area contributed by atoms with E-state index in [2.05, 4.69) is 53.3 Å². The van der Waals surface area contributed by atoms with Crippen LogP contribution in [0.5, 0.6) is 0 Å². The third kappa shape index (κ3) is 15.6. The quantitative estimate of drug-likeness (QED) is 0.0384. The minimum absolute atomic E-state index is 0.0279. The summed E-state index contributed by atoms with van der Waals surface area (Å²) in [4.78, 5) is 25.4. The van der Waals surface area contributed by atoms with Gasteiger partial charge in [0, 0.05) is 43.9 Å². The molecule has 7 rings (SSSR count). The van der Waals surface area contributed by atoms with E-state index in [1.165, 1.54) is 71.1 Å². The highest BCUT2D eigenvalue weighted by Crippen LogP contribution is 2.49. The van der Waals surface area contributed by atoms with Crippen molar-refractivity contribution in [1.82, 2.24) is 0 Å². The summed E-state index contributed by atoms with van der Waals surface area (Å²) in [5, 5.41) is 44.0. The van der Waals surface area contributed by atoms with Crippen molar-refractivity contribution in [2.24, 2.45) is 23.7 Å². The summed E-state index contributed by atoms with van der Waals surface area (Å²) in [6.07, 6.45) is 24.5. The number of carbonyl (C=O) groups is 2. The Morgan fingerprint density at radius 2 is 1.56 bits per heavy atom. The molecule has 428 valence electrons. The fourth-order valence-corrected chi connectivity index (χ4v) is 13.5. The van der Waals surface area contributed by atoms with Gasteiger partial charge in [-0.2, -0.15) is 0 Å². The van der Waals surface area contributed by atoms with Gasteiger partial charge in [0.25, 0.3) is 0 Å². The average molecular weight is 1060 g/mol. The Hall–Kier alpha value is -2.24. The van der Waals surface area contributed by atoms with Crippen molar-refractivity contribution in [3.05, 3.63) is 36.0 Å². The van der Waals surface area contributed by atoms with Gasteiger partial charge >= 0.3 is 11.9 Å². The molecule has 0 radical (unpaired) electrons. The molecule has 0 saturated carbocycles. The zero-order valence-corrected chi connectivity index (χ0v) is 47.2. The Balaban J connectivity index is 0.900. The maximum atomic E-state index is 13.5. The summed E-state index contributed by atoms with van der Waals surface area (Å²) in [5.74, 6) is -4.00. The number of esters is 1. The number of aliphatic carboxylic acids is 1. The third-order valence-corrected chi connectivity index (χ3v) is 18.2. The molecule has 0 aromatic heterocycles. The molecule has 0 aromatic rings. The molecule has 0 bridgehead atoms. The van der Waals surface area contributed by atoms with Gasteiger partial charge in [0.2, 0.25) is 5.79 Å². The molecule has 4 N–H and O–H groups in total. The van der Waals surface area contributed by atoms with Gasteiger partial charge in [0.1, 0.15) is 18.3 Å². The Kier molecular flexibility index (Phi) is 22.0. The second-order valence-electron chi connectivity index (χ2n) is 24.8. The Morgan fingerprint density at radius 1 is 0.880 bits per heavy atom. The standard InChI is InChI=1S/C61H100O14/c1-9-10-11-12-13-14-15-16-17-18-19-20-21-24-52(63)70-51-28-27-47(39-58(8,67)57(65)66)72-61(51)38-40(2)36-50(73-61)41(3)25-26-46-30-32-59(71-46)33-31-49-56(74-59)53(64)45(7)55(69-49)48(62)37-43(5)54-42(4)29-34-60(75-54)44(6)23-22-35-68-60/h25-26,38,41-44,46-51,53-56,62,64,67H,7,9-24,27-37,39H2,1-6,8H3,(H,65,66). The lowest BCUT2D eigenvalue weighted by molar-refractivity contribution is -0.334. The topological polar surface area (TPSA) is 189 Å². The number of aliphatic hydroxyl groups excluding tert-OH is 2. The summed E-state index contributed by atoms with van der Waals surface area (Å²) >= 11 is 0. The number of hydrogen-bond donors (Lipinski definition) is 4. The molecule has 18 atom stereocenters. The van der Waals surface area contributed by atoms with E-state index in [0.29, 0.717) is 81.8 Å². The van der Waals surface area contributed by atoms with Gasteiger partial charge in [0.15, 0.2) is 23.3 Å². The molecule has 14 heteroatoms. The number of carboxylic acids is 1. The monoisotopic (exact) mass is 1060 g/mol. The van der Waals surface area contributed by atoms with Crippen LogP contribution in [0.25, 0.3) is 0 Å². The van der Waals surface area contributed by atoms with Crippen LogP contribution in [0, 0.1) is 23.7 Å². The zero-order chi connectivity index (χ0) is 54.0. The lowest BCUT2D eigenvalue weighted by Crippen LogP contribution is -2.60. The van der Waals surface area contributed by atoms with Crippen LogP contribution in [-0.4, -0.2) is 123 Å². The number of unbranched alkanes of at least 4 members (excludes halogenated alkanes) is 12. The normalized spacial score (nSPS) is 38.3. The predicted octanol–water partition coefficient (Wildman–Crippen LogP) is 11.5. The van der Waals surface area contributed by atoms with Gasteiger partial charge in [0.05, 0.1) is 43.2 Å². The van der Waals surface area contributed by atoms with Crippen molar-refractivity contribution in [2.45, 2.75) is 306 Å². The molecule has 7 aliphatic heterocycles. The van der Waals surface area contributed by atoms with Gasteiger partial charge in [-0.3, -0.25) is 4.79 Å². The fraction of sp³-hybridized carbons (Fsp3) is 0.869. The molecule has 14 nitrogen and oxygen atoms in total. The van der Waals surface area contributed by atoms with E-state index in [-0.39, 0.29) is 42.5 Å². The highest BCUT2D eigenvalue weighted by Gasteiger charge is 2.56. The first-order valence-electron chi connectivity index (χ1n) is 30.0. The molecule has 75 heavy (non-hydrogen) atoms. The van der Waals surface area contributed by atoms with E-state index < -0.39 is 71.7 Å². The van der Waals surface area contributed by atoms with E-state index in [4.69, 9.17) is 37.9 Å². The van der Waals surface area contributed by atoms with E-state index in [1.807, 2.05) is 13.0 Å². The lowest BCUT2D eigenvalue weighted by atomic mass is 9.78. The van der Waals surface area contributed by atoms with Crippen LogP contribution >= 0.6 is 0 Å². The molecule has 18 unspecified atom stereocenters. The molecule has 3 spiro atoms. The van der Waals surface area contributed by atoms with Crippen LogP contribution in [0.3, 0.4) is 0 Å². The highest BCUT2D eigenvalue weighted by atomic mass is 16.7. The van der Waals surface area contributed by atoms with Gasteiger partial charge in [-0.15, -0.1) is 0 Å². The first kappa shape index (κ1) is 60.4. The second kappa shape index (κ2) is 27.3. The van der Waals surface area contributed by atoms with Crippen molar-refractivity contribution >= 4 is 11.9 Å². The first-order chi connectivity index (χ1) is 35.8. The number of carbonyl (C=O) groups excluding carboxylic acids is 1. The highest BCUT2D eigenvalue weighted by molar-refractivity contribution is 5.76. The number of rotatable bonds is 25. The zero-order valence-electron chi connectivity index (χ0n) is 47.2. The van der Waals surface area contributed by atoms with Gasteiger partial charge in [-0.05, 0) is 102 Å². The molecular weight excluding hydrogens is 957 g/mol. The number of aliphatic hydroxyl groups is 3. The van der Waals surface area contributed by atoms with Crippen LogP contribution in [0.15, 0.2) is 36.0 Å². The minimum atomic E-state index is -2.01. The van der Waals surface area contributed by atoms with E-state index >= 15 is 0 Å². The SMILES string of the molecule is C=C1C(O)C2OC3(CCC(C=CC(C)C4CC(C)=CC5(OC(CC(C)(O)C(=O)O)CCC5OC(=O)CCCCCCCCCCCCCCC)O4)O3)CCC2OC1C(O)CC(C)C1OC2(CCC1C)OCCCC2C. The van der Waals surface area contributed by atoms with E-state index in [9.17, 15) is 30.0 Å². The molecule has 7 heterocycles. The van der Waals surface area contributed by atoms with Gasteiger partial charge < -0.3 is 58.3 Å². The Morgan fingerprint density at radius 3 is 2.24 bits per heavy atom. The smallest absolute Gasteiger partial charge is 0.335 e. The minimum Gasteiger partial charge on any atom is -0.479 e. The second-order valence-corrected chi connectivity index (χ2v) is 24.8. The summed E-state index contributed by atoms with van der Waals surface area (Å²) < 4.78 is 52.8. The van der Waals surface area contributed by atoms with Crippen molar-refractivity contribution in [2.75, 3.05) is 6.61 Å². The fourth-order valence-electron chi connectivity index (χ4n) is 13.5. The number of fused-ring (bicyclic) bond motifs is 1. The van der Waals surface area contributed by atoms with E-state index in [0.717, 1.165) is 50.5 Å². The molecule has 6 saturated heterocycles. The van der Waals surface area contributed by atoms with Gasteiger partial charge in [-0.1, -0.05) is 136 Å². The number of hydrogen-bond acceptors (Lipinski definition) is 13. The summed E-state index contributed by atoms with van der Waals surface area (Å²) in [6.45, 7) is 19.1. The molecular formula is C61H100O14. The first-order valence-corrected chi connectivity index (χ1v) is 30.0. The summed E-state index contributed by atoms with van der Waals surface area (Å²) in [7, 11) is 0. The van der Waals surface area contributed by atoms with Crippen molar-refractivity contribution < 1.29 is 67.9 Å². The predicted molar refractivity (Wildman–Crippen MR) is 286 cm³/mol. The van der Waals surface area contributed by atoms with Crippen LogP contribution in [0.2, 0.25) is 0 Å². The van der Waals surface area contributed by atoms with Crippen LogP contribution in [0.4, 0.5) is 0 Å². The molecule has 0 aliphatic carbocycles. The lowest BCUT2D eigenvalue weighted by Gasteiger charge is -2.51. The van der Waals surface area contributed by atoms with Crippen molar-refractivity contribution in [3.8, 4) is 0 Å².